The Labute approximate surface area is 76.6 Å². The van der Waals surface area contributed by atoms with Crippen molar-refractivity contribution in [2.45, 2.75) is 0 Å². The molecule has 2 aromatic heterocycles. The van der Waals surface area contributed by atoms with Crippen molar-refractivity contribution in [3.63, 3.8) is 0 Å². The molecule has 0 aliphatic carbocycles. The fraction of sp³-hybridized carbons (Fsp3) is 0. The summed E-state index contributed by atoms with van der Waals surface area (Å²) >= 11 is 3.25. The first-order valence-corrected chi connectivity index (χ1v) is 4.19. The Balaban J connectivity index is 2.87. The molecule has 0 fully saturated rings. The van der Waals surface area contributed by atoms with Crippen molar-refractivity contribution in [2.75, 3.05) is 0 Å². The number of pyridine rings is 2. The van der Waals surface area contributed by atoms with E-state index in [9.17, 15) is 4.79 Å². The minimum Gasteiger partial charge on any atom is -0.321 e. The van der Waals surface area contributed by atoms with Crippen molar-refractivity contribution in [3.05, 3.63) is 39.4 Å². The first-order chi connectivity index (χ1) is 5.75. The average Bonchev–Trinajstić information content (AvgIpc) is 2.05. The zero-order valence-electron chi connectivity index (χ0n) is 6.04. The van der Waals surface area contributed by atoms with E-state index in [4.69, 9.17) is 0 Å². The van der Waals surface area contributed by atoms with Crippen LogP contribution in [0.1, 0.15) is 0 Å². The Morgan fingerprint density at radius 2 is 2.25 bits per heavy atom. The van der Waals surface area contributed by atoms with Gasteiger partial charge in [0.05, 0.1) is 11.7 Å². The molecule has 0 radical (unpaired) electrons. The van der Waals surface area contributed by atoms with Gasteiger partial charge in [-0.15, -0.1) is 0 Å². The molecule has 2 rings (SSSR count). The molecule has 1 N–H and O–H groups in total. The van der Waals surface area contributed by atoms with Crippen LogP contribution in [0.25, 0.3) is 10.9 Å². The van der Waals surface area contributed by atoms with Gasteiger partial charge in [-0.1, -0.05) is 0 Å². The standard InChI is InChI=1S/C8H5BrN2O/c9-7-3-5-1-2-8(12)11-6(5)4-10-7/h1-4H,(H,11,12). The lowest BCUT2D eigenvalue weighted by Crippen LogP contribution is -2.02. The van der Waals surface area contributed by atoms with Crippen molar-refractivity contribution in [3.8, 4) is 0 Å². The second-order valence-corrected chi connectivity index (χ2v) is 3.23. The molecule has 12 heavy (non-hydrogen) atoms. The smallest absolute Gasteiger partial charge is 0.248 e. The maximum Gasteiger partial charge on any atom is 0.248 e. The Hall–Kier alpha value is -1.16. The number of nitrogens with one attached hydrogen (secondary N) is 1. The molecule has 0 saturated carbocycles. The Morgan fingerprint density at radius 3 is 3.08 bits per heavy atom. The maximum absolute atomic E-state index is 10.9. The van der Waals surface area contributed by atoms with Crippen molar-refractivity contribution >= 4 is 26.8 Å². The van der Waals surface area contributed by atoms with Gasteiger partial charge in [0, 0.05) is 11.5 Å². The molecule has 2 aromatic rings. The summed E-state index contributed by atoms with van der Waals surface area (Å²) < 4.78 is 0.766. The summed E-state index contributed by atoms with van der Waals surface area (Å²) in [5.74, 6) is 0. The lowest BCUT2D eigenvalue weighted by molar-refractivity contribution is 1.24. The highest BCUT2D eigenvalue weighted by Crippen LogP contribution is 2.12. The molecular weight excluding hydrogens is 220 g/mol. The topological polar surface area (TPSA) is 45.8 Å². The van der Waals surface area contributed by atoms with Crippen molar-refractivity contribution < 1.29 is 0 Å². The molecule has 0 spiro atoms. The summed E-state index contributed by atoms with van der Waals surface area (Å²) in [5.41, 5.74) is 0.650. The number of halogens is 1. The molecule has 0 bridgehead atoms. The zero-order chi connectivity index (χ0) is 8.55. The third-order valence-corrected chi connectivity index (χ3v) is 2.01. The molecule has 0 aliphatic heterocycles. The van der Waals surface area contributed by atoms with E-state index in [0.29, 0.717) is 0 Å². The third kappa shape index (κ3) is 1.25. The van der Waals surface area contributed by atoms with Crippen LogP contribution in [0.4, 0.5) is 0 Å². The van der Waals surface area contributed by atoms with Gasteiger partial charge in [-0.25, -0.2) is 4.98 Å². The van der Waals surface area contributed by atoms with Crippen LogP contribution in [0.15, 0.2) is 33.8 Å². The molecule has 0 atom stereocenters. The molecule has 2 heterocycles. The number of H-pyrrole nitrogens is 1. The first kappa shape index (κ1) is 7.49. The van der Waals surface area contributed by atoms with Crippen LogP contribution in [0, 0.1) is 0 Å². The zero-order valence-corrected chi connectivity index (χ0v) is 7.63. The molecule has 60 valence electrons. The second-order valence-electron chi connectivity index (χ2n) is 2.42. The van der Waals surface area contributed by atoms with Gasteiger partial charge in [0.25, 0.3) is 0 Å². The van der Waals surface area contributed by atoms with Crippen molar-refractivity contribution in [2.24, 2.45) is 0 Å². The highest BCUT2D eigenvalue weighted by Gasteiger charge is 1.94. The van der Waals surface area contributed by atoms with E-state index in [0.717, 1.165) is 15.5 Å². The van der Waals surface area contributed by atoms with Gasteiger partial charge in [-0.2, -0.15) is 0 Å². The SMILES string of the molecule is O=c1ccc2cc(Br)ncc2[nH]1. The Kier molecular flexibility index (Phi) is 1.69. The summed E-state index contributed by atoms with van der Waals surface area (Å²) in [6.45, 7) is 0. The summed E-state index contributed by atoms with van der Waals surface area (Å²) in [5, 5.41) is 0.969. The van der Waals surface area contributed by atoms with Gasteiger partial charge in [0.1, 0.15) is 4.60 Å². The highest BCUT2D eigenvalue weighted by atomic mass is 79.9. The lowest BCUT2D eigenvalue weighted by Gasteiger charge is -1.95. The number of nitrogens with zero attached hydrogens (tertiary/aromatic N) is 1. The Morgan fingerprint density at radius 1 is 1.42 bits per heavy atom. The minimum absolute atomic E-state index is 0.105. The first-order valence-electron chi connectivity index (χ1n) is 3.40. The largest absolute Gasteiger partial charge is 0.321 e. The molecular formula is C8H5BrN2O. The Bertz CT molecular complexity index is 478. The van der Waals surface area contributed by atoms with E-state index in [-0.39, 0.29) is 5.56 Å². The van der Waals surface area contributed by atoms with Gasteiger partial charge in [-0.05, 0) is 28.1 Å². The van der Waals surface area contributed by atoms with Crippen LogP contribution in [0.3, 0.4) is 0 Å². The molecule has 0 unspecified atom stereocenters. The van der Waals surface area contributed by atoms with E-state index in [1.54, 1.807) is 12.3 Å². The third-order valence-electron chi connectivity index (χ3n) is 1.57. The predicted molar refractivity (Wildman–Crippen MR) is 50.1 cm³/mol. The molecule has 0 aromatic carbocycles. The molecule has 0 saturated heterocycles. The van der Waals surface area contributed by atoms with Crippen LogP contribution in [0.5, 0.6) is 0 Å². The lowest BCUT2D eigenvalue weighted by atomic mass is 10.3. The molecule has 4 heteroatoms. The van der Waals surface area contributed by atoms with Gasteiger partial charge in [0.2, 0.25) is 5.56 Å². The molecule has 0 amide bonds. The number of hydrogen-bond donors (Lipinski definition) is 1. The summed E-state index contributed by atoms with van der Waals surface area (Å²) in [4.78, 5) is 17.5. The van der Waals surface area contributed by atoms with Gasteiger partial charge < -0.3 is 4.98 Å². The van der Waals surface area contributed by atoms with Crippen LogP contribution in [0.2, 0.25) is 0 Å². The van der Waals surface area contributed by atoms with Crippen LogP contribution in [-0.4, -0.2) is 9.97 Å². The van der Waals surface area contributed by atoms with E-state index >= 15 is 0 Å². The van der Waals surface area contributed by atoms with E-state index in [2.05, 4.69) is 25.9 Å². The highest BCUT2D eigenvalue weighted by molar-refractivity contribution is 9.10. The molecule has 0 aliphatic rings. The van der Waals surface area contributed by atoms with Crippen LogP contribution < -0.4 is 5.56 Å². The normalized spacial score (nSPS) is 10.4. The fourth-order valence-electron chi connectivity index (χ4n) is 1.03. The van der Waals surface area contributed by atoms with Crippen LogP contribution >= 0.6 is 15.9 Å². The quantitative estimate of drug-likeness (QED) is 0.693. The van der Waals surface area contributed by atoms with Crippen molar-refractivity contribution in [1.82, 2.24) is 9.97 Å². The van der Waals surface area contributed by atoms with E-state index in [1.807, 2.05) is 6.07 Å². The summed E-state index contributed by atoms with van der Waals surface area (Å²) in [6, 6.07) is 5.11. The summed E-state index contributed by atoms with van der Waals surface area (Å²) in [6.07, 6.45) is 1.63. The van der Waals surface area contributed by atoms with Crippen molar-refractivity contribution in [1.29, 1.82) is 0 Å². The van der Waals surface area contributed by atoms with E-state index in [1.165, 1.54) is 6.07 Å². The summed E-state index contributed by atoms with van der Waals surface area (Å²) in [7, 11) is 0. The average molecular weight is 225 g/mol. The fourth-order valence-corrected chi connectivity index (χ4v) is 1.38. The number of fused-ring (bicyclic) bond motifs is 1. The maximum atomic E-state index is 10.9. The van der Waals surface area contributed by atoms with Crippen LogP contribution in [-0.2, 0) is 0 Å². The number of rotatable bonds is 0. The van der Waals surface area contributed by atoms with Gasteiger partial charge in [0.15, 0.2) is 0 Å². The monoisotopic (exact) mass is 224 g/mol. The second kappa shape index (κ2) is 2.71. The van der Waals surface area contributed by atoms with E-state index < -0.39 is 0 Å². The van der Waals surface area contributed by atoms with Gasteiger partial charge >= 0.3 is 0 Å². The minimum atomic E-state index is -0.105. The number of hydrogen-bond acceptors (Lipinski definition) is 2. The van der Waals surface area contributed by atoms with Gasteiger partial charge in [-0.3, -0.25) is 4.79 Å². The predicted octanol–water partition coefficient (Wildman–Crippen LogP) is 1.69. The number of aromatic nitrogens is 2. The molecule has 3 nitrogen and oxygen atoms in total. The number of aromatic amines is 1.